The van der Waals surface area contributed by atoms with E-state index in [2.05, 4.69) is 10.2 Å². The Morgan fingerprint density at radius 1 is 1.37 bits per heavy atom. The lowest BCUT2D eigenvalue weighted by Gasteiger charge is -2.20. The van der Waals surface area contributed by atoms with E-state index in [9.17, 15) is 8.42 Å². The van der Waals surface area contributed by atoms with Crippen molar-refractivity contribution in [3.8, 4) is 0 Å². The van der Waals surface area contributed by atoms with Crippen LogP contribution in [0.3, 0.4) is 0 Å². The van der Waals surface area contributed by atoms with Gasteiger partial charge >= 0.3 is 0 Å². The van der Waals surface area contributed by atoms with Crippen LogP contribution >= 0.6 is 0 Å². The molecule has 102 valence electrons. The van der Waals surface area contributed by atoms with Gasteiger partial charge in [-0.1, -0.05) is 18.2 Å². The molecule has 19 heavy (non-hydrogen) atoms. The molecular weight excluding hydrogens is 264 g/mol. The number of hydrogen-bond donors (Lipinski definition) is 2. The molecule has 0 saturated carbocycles. The maximum Gasteiger partial charge on any atom is 0.281 e. The summed E-state index contributed by atoms with van der Waals surface area (Å²) in [5.74, 6) is 0. The summed E-state index contributed by atoms with van der Waals surface area (Å²) in [7, 11) is -2.17. The van der Waals surface area contributed by atoms with Crippen molar-refractivity contribution < 1.29 is 8.42 Å². The van der Waals surface area contributed by atoms with Gasteiger partial charge in [-0.3, -0.25) is 9.40 Å². The summed E-state index contributed by atoms with van der Waals surface area (Å²) >= 11 is 0. The molecule has 1 heterocycles. The lowest BCUT2D eigenvalue weighted by molar-refractivity contribution is 0.588. The molecule has 7 heteroatoms. The number of anilines is 1. The molecule has 3 N–H and O–H groups in total. The Morgan fingerprint density at radius 2 is 2.05 bits per heavy atom. The quantitative estimate of drug-likeness (QED) is 0.874. The first-order valence-corrected chi connectivity index (χ1v) is 7.19. The van der Waals surface area contributed by atoms with E-state index in [4.69, 9.17) is 5.73 Å². The topological polar surface area (TPSA) is 92.1 Å². The zero-order chi connectivity index (χ0) is 14.0. The van der Waals surface area contributed by atoms with Gasteiger partial charge in [0, 0.05) is 19.2 Å². The van der Waals surface area contributed by atoms with Crippen LogP contribution in [-0.4, -0.2) is 25.7 Å². The summed E-state index contributed by atoms with van der Waals surface area (Å²) in [6.07, 6.45) is 1.43. The molecule has 0 unspecified atom stereocenters. The van der Waals surface area contributed by atoms with E-state index in [0.29, 0.717) is 11.3 Å². The smallest absolute Gasteiger partial charge is 0.281 e. The van der Waals surface area contributed by atoms with Crippen molar-refractivity contribution in [2.75, 3.05) is 11.4 Å². The molecule has 2 aromatic rings. The van der Waals surface area contributed by atoms with Gasteiger partial charge in [0.1, 0.15) is 0 Å². The third kappa shape index (κ3) is 2.34. The number of hydrogen-bond acceptors (Lipinski definition) is 4. The number of benzene rings is 1. The van der Waals surface area contributed by atoms with Crippen molar-refractivity contribution in [2.24, 2.45) is 5.73 Å². The average molecular weight is 280 g/mol. The lowest BCUT2D eigenvalue weighted by atomic mass is 10.2. The van der Waals surface area contributed by atoms with E-state index in [1.54, 1.807) is 12.1 Å². The van der Waals surface area contributed by atoms with Crippen molar-refractivity contribution in [1.29, 1.82) is 0 Å². The molecule has 0 aliphatic heterocycles. The van der Waals surface area contributed by atoms with Crippen LogP contribution in [-0.2, 0) is 16.6 Å². The predicted octanol–water partition coefficient (Wildman–Crippen LogP) is 1.00. The summed E-state index contributed by atoms with van der Waals surface area (Å²) in [5, 5.41) is 6.30. The molecule has 0 atom stereocenters. The van der Waals surface area contributed by atoms with Crippen LogP contribution in [0.1, 0.15) is 11.1 Å². The number of aryl methyl sites for hydroxylation is 1. The third-order valence-electron chi connectivity index (χ3n) is 2.97. The summed E-state index contributed by atoms with van der Waals surface area (Å²) in [5.41, 5.74) is 7.49. The number of para-hydroxylation sites is 1. The van der Waals surface area contributed by atoms with E-state index >= 15 is 0 Å². The molecule has 6 nitrogen and oxygen atoms in total. The molecule has 0 saturated heterocycles. The second-order valence-electron chi connectivity index (χ2n) is 4.19. The predicted molar refractivity (Wildman–Crippen MR) is 73.2 cm³/mol. The van der Waals surface area contributed by atoms with E-state index < -0.39 is 10.0 Å². The highest BCUT2D eigenvalue weighted by Gasteiger charge is 2.26. The molecule has 0 aliphatic carbocycles. The first-order chi connectivity index (χ1) is 8.98. The Bertz CT molecular complexity index is 679. The van der Waals surface area contributed by atoms with Gasteiger partial charge in [0.2, 0.25) is 0 Å². The fourth-order valence-electron chi connectivity index (χ4n) is 1.85. The van der Waals surface area contributed by atoms with Crippen LogP contribution in [0.15, 0.2) is 35.5 Å². The molecule has 0 radical (unpaired) electrons. The second kappa shape index (κ2) is 5.02. The number of aromatic nitrogens is 2. The summed E-state index contributed by atoms with van der Waals surface area (Å²) in [6.45, 7) is 1.98. The standard InChI is InChI=1S/C12H16N4O2S/c1-9-5-3-4-6-11(9)16(2)19(17,18)12-10(7-13)8-14-15-12/h3-6,8H,7,13H2,1-2H3,(H,14,15). The Hall–Kier alpha value is -1.86. The Morgan fingerprint density at radius 3 is 2.68 bits per heavy atom. The van der Waals surface area contributed by atoms with Crippen LogP contribution in [0.2, 0.25) is 0 Å². The Kier molecular flexibility index (Phi) is 3.59. The maximum atomic E-state index is 12.5. The lowest BCUT2D eigenvalue weighted by Crippen LogP contribution is -2.28. The number of aromatic amines is 1. The van der Waals surface area contributed by atoms with Gasteiger partial charge in [-0.05, 0) is 18.6 Å². The summed E-state index contributed by atoms with van der Waals surface area (Å²) < 4.78 is 26.3. The van der Waals surface area contributed by atoms with Gasteiger partial charge in [0.05, 0.1) is 11.9 Å². The van der Waals surface area contributed by atoms with Gasteiger partial charge in [0.25, 0.3) is 10.0 Å². The van der Waals surface area contributed by atoms with Crippen LogP contribution in [0, 0.1) is 6.92 Å². The van der Waals surface area contributed by atoms with Gasteiger partial charge in [-0.2, -0.15) is 13.5 Å². The summed E-state index contributed by atoms with van der Waals surface area (Å²) in [6, 6.07) is 7.27. The van der Waals surface area contributed by atoms with Gasteiger partial charge in [0.15, 0.2) is 5.03 Å². The molecular formula is C12H16N4O2S. The second-order valence-corrected chi connectivity index (χ2v) is 6.09. The fourth-order valence-corrected chi connectivity index (χ4v) is 3.22. The van der Waals surface area contributed by atoms with Crippen LogP contribution in [0.5, 0.6) is 0 Å². The summed E-state index contributed by atoms with van der Waals surface area (Å²) in [4.78, 5) is 0. The normalized spacial score (nSPS) is 11.5. The largest absolute Gasteiger partial charge is 0.326 e. The number of sulfonamides is 1. The molecule has 1 aromatic heterocycles. The molecule has 2 rings (SSSR count). The third-order valence-corrected chi connectivity index (χ3v) is 4.76. The van der Waals surface area contributed by atoms with E-state index in [1.807, 2.05) is 19.1 Å². The molecule has 0 aliphatic rings. The van der Waals surface area contributed by atoms with Crippen LogP contribution < -0.4 is 10.0 Å². The first-order valence-electron chi connectivity index (χ1n) is 5.75. The van der Waals surface area contributed by atoms with E-state index in [-0.39, 0.29) is 11.6 Å². The van der Waals surface area contributed by atoms with E-state index in [1.165, 1.54) is 17.5 Å². The van der Waals surface area contributed by atoms with Crippen LogP contribution in [0.25, 0.3) is 0 Å². The Labute approximate surface area is 112 Å². The van der Waals surface area contributed by atoms with Gasteiger partial charge < -0.3 is 5.73 Å². The minimum atomic E-state index is -3.68. The molecule has 0 amide bonds. The number of nitrogens with zero attached hydrogens (tertiary/aromatic N) is 2. The molecule has 0 spiro atoms. The highest BCUT2D eigenvalue weighted by atomic mass is 32.2. The monoisotopic (exact) mass is 280 g/mol. The number of nitrogens with one attached hydrogen (secondary N) is 1. The van der Waals surface area contributed by atoms with Crippen molar-refractivity contribution in [2.45, 2.75) is 18.5 Å². The molecule has 1 aromatic carbocycles. The minimum absolute atomic E-state index is 0.0424. The zero-order valence-electron chi connectivity index (χ0n) is 10.8. The SMILES string of the molecule is Cc1ccccc1N(C)S(=O)(=O)c1[nH]ncc1CN. The van der Waals surface area contributed by atoms with Gasteiger partial charge in [-0.15, -0.1) is 0 Å². The molecule has 0 fully saturated rings. The first kappa shape index (κ1) is 13.6. The number of rotatable bonds is 4. The van der Waals surface area contributed by atoms with Crippen molar-refractivity contribution in [3.05, 3.63) is 41.6 Å². The fraction of sp³-hybridized carbons (Fsp3) is 0.250. The van der Waals surface area contributed by atoms with Crippen molar-refractivity contribution in [1.82, 2.24) is 10.2 Å². The van der Waals surface area contributed by atoms with E-state index in [0.717, 1.165) is 5.56 Å². The van der Waals surface area contributed by atoms with Crippen molar-refractivity contribution >= 4 is 15.7 Å². The van der Waals surface area contributed by atoms with Crippen LogP contribution in [0.4, 0.5) is 5.69 Å². The minimum Gasteiger partial charge on any atom is -0.326 e. The van der Waals surface area contributed by atoms with Gasteiger partial charge in [-0.25, -0.2) is 0 Å². The highest BCUT2D eigenvalue weighted by molar-refractivity contribution is 7.92. The average Bonchev–Trinajstić information content (AvgIpc) is 2.87. The maximum absolute atomic E-state index is 12.5. The Balaban J connectivity index is 2.49. The van der Waals surface area contributed by atoms with Crippen molar-refractivity contribution in [3.63, 3.8) is 0 Å². The number of nitrogens with two attached hydrogens (primary N) is 1. The molecule has 0 bridgehead atoms. The highest BCUT2D eigenvalue weighted by Crippen LogP contribution is 2.25. The zero-order valence-corrected chi connectivity index (χ0v) is 11.6. The number of H-pyrrole nitrogens is 1.